The van der Waals surface area contributed by atoms with Gasteiger partial charge in [-0.1, -0.05) is 19.9 Å². The van der Waals surface area contributed by atoms with Gasteiger partial charge in [-0.2, -0.15) is 0 Å². The van der Waals surface area contributed by atoms with Crippen LogP contribution in [0.25, 0.3) is 0 Å². The van der Waals surface area contributed by atoms with E-state index < -0.39 is 11.4 Å². The lowest BCUT2D eigenvalue weighted by atomic mass is 9.81. The lowest BCUT2D eigenvalue weighted by Crippen LogP contribution is -2.41. The summed E-state index contributed by atoms with van der Waals surface area (Å²) in [6.07, 6.45) is 1.28. The van der Waals surface area contributed by atoms with Gasteiger partial charge < -0.3 is 16.2 Å². The van der Waals surface area contributed by atoms with E-state index in [1.165, 1.54) is 6.07 Å². The normalized spacial score (nSPS) is 11.2. The van der Waals surface area contributed by atoms with Gasteiger partial charge in [0.2, 0.25) is 5.91 Å². The van der Waals surface area contributed by atoms with E-state index in [1.54, 1.807) is 19.1 Å². The van der Waals surface area contributed by atoms with Gasteiger partial charge >= 0.3 is 5.97 Å². The molecule has 0 unspecified atom stereocenters. The molecule has 0 heterocycles. The van der Waals surface area contributed by atoms with Crippen LogP contribution in [-0.2, 0) is 4.79 Å². The largest absolute Gasteiger partial charge is 0.478 e. The molecule has 0 saturated carbocycles. The Kier molecular flexibility index (Phi) is 5.27. The highest BCUT2D eigenvalue weighted by atomic mass is 16.4. The first kappa shape index (κ1) is 16.2. The lowest BCUT2D eigenvalue weighted by Gasteiger charge is -2.28. The van der Waals surface area contributed by atoms with Gasteiger partial charge in [-0.15, -0.1) is 0 Å². The van der Waals surface area contributed by atoms with Crippen molar-refractivity contribution in [1.29, 1.82) is 0 Å². The van der Waals surface area contributed by atoms with E-state index in [0.29, 0.717) is 24.1 Å². The van der Waals surface area contributed by atoms with Crippen molar-refractivity contribution in [1.82, 2.24) is 0 Å². The second-order valence-electron chi connectivity index (χ2n) is 4.98. The van der Waals surface area contributed by atoms with Gasteiger partial charge in [0.1, 0.15) is 0 Å². The van der Waals surface area contributed by atoms with Crippen molar-refractivity contribution in [2.24, 2.45) is 11.1 Å². The number of carboxylic acids is 1. The molecule has 0 aliphatic rings. The van der Waals surface area contributed by atoms with E-state index in [4.69, 9.17) is 10.8 Å². The monoisotopic (exact) mass is 278 g/mol. The molecule has 0 aromatic heterocycles. The molecule has 1 aromatic rings. The number of carbonyl (C=O) groups is 2. The standard InChI is InChI=1S/C15H22N2O3/c1-4-15(5-2,9-16)14(20)17-11-7-6-10(3)12(8-11)13(18)19/h6-8H,4-5,9,16H2,1-3H3,(H,17,20)(H,18,19). The molecule has 0 aliphatic carbocycles. The molecule has 5 heteroatoms. The van der Waals surface area contributed by atoms with Gasteiger partial charge in [-0.25, -0.2) is 4.79 Å². The van der Waals surface area contributed by atoms with Crippen molar-refractivity contribution >= 4 is 17.6 Å². The first-order chi connectivity index (χ1) is 9.40. The maximum Gasteiger partial charge on any atom is 0.336 e. The van der Waals surface area contributed by atoms with Crippen molar-refractivity contribution in [3.05, 3.63) is 29.3 Å². The summed E-state index contributed by atoms with van der Waals surface area (Å²) in [4.78, 5) is 23.4. The molecule has 5 nitrogen and oxygen atoms in total. The second-order valence-corrected chi connectivity index (χ2v) is 4.98. The third kappa shape index (κ3) is 3.17. The van der Waals surface area contributed by atoms with Crippen LogP contribution in [0.15, 0.2) is 18.2 Å². The van der Waals surface area contributed by atoms with Crippen molar-refractivity contribution in [2.75, 3.05) is 11.9 Å². The number of nitrogens with one attached hydrogen (secondary N) is 1. The zero-order valence-electron chi connectivity index (χ0n) is 12.2. The molecule has 0 atom stereocenters. The number of hydrogen-bond acceptors (Lipinski definition) is 3. The molecule has 0 fully saturated rings. The highest BCUT2D eigenvalue weighted by Crippen LogP contribution is 2.27. The molecular formula is C15H22N2O3. The molecule has 0 bridgehead atoms. The summed E-state index contributed by atoms with van der Waals surface area (Å²) >= 11 is 0. The van der Waals surface area contributed by atoms with Crippen LogP contribution in [0.2, 0.25) is 0 Å². The van der Waals surface area contributed by atoms with Gasteiger partial charge in [0.15, 0.2) is 0 Å². The maximum atomic E-state index is 12.4. The average Bonchev–Trinajstić information content (AvgIpc) is 2.43. The quantitative estimate of drug-likeness (QED) is 0.745. The number of aromatic carboxylic acids is 1. The second kappa shape index (κ2) is 6.52. The predicted octanol–water partition coefficient (Wildman–Crippen LogP) is 2.40. The molecule has 20 heavy (non-hydrogen) atoms. The van der Waals surface area contributed by atoms with Crippen LogP contribution in [0.1, 0.15) is 42.6 Å². The van der Waals surface area contributed by atoms with Crippen molar-refractivity contribution in [2.45, 2.75) is 33.6 Å². The minimum Gasteiger partial charge on any atom is -0.478 e. The average molecular weight is 278 g/mol. The number of nitrogens with two attached hydrogens (primary N) is 1. The fraction of sp³-hybridized carbons (Fsp3) is 0.467. The zero-order valence-corrected chi connectivity index (χ0v) is 12.2. The summed E-state index contributed by atoms with van der Waals surface area (Å²) in [5, 5.41) is 11.9. The fourth-order valence-electron chi connectivity index (χ4n) is 2.15. The Hall–Kier alpha value is -1.88. The van der Waals surface area contributed by atoms with Gasteiger partial charge in [0.25, 0.3) is 0 Å². The number of carboxylic acid groups (broad SMARTS) is 1. The molecule has 1 aromatic carbocycles. The van der Waals surface area contributed by atoms with Crippen LogP contribution >= 0.6 is 0 Å². The SMILES string of the molecule is CCC(CC)(CN)C(=O)Nc1ccc(C)c(C(=O)O)c1. The Labute approximate surface area is 119 Å². The zero-order chi connectivity index (χ0) is 15.3. The molecular weight excluding hydrogens is 256 g/mol. The number of hydrogen-bond donors (Lipinski definition) is 3. The maximum absolute atomic E-state index is 12.4. The topological polar surface area (TPSA) is 92.4 Å². The summed E-state index contributed by atoms with van der Waals surface area (Å²) in [5.74, 6) is -1.17. The van der Waals surface area contributed by atoms with Gasteiger partial charge in [-0.3, -0.25) is 4.79 Å². The number of anilines is 1. The summed E-state index contributed by atoms with van der Waals surface area (Å²) in [6.45, 7) is 5.84. The van der Waals surface area contributed by atoms with Gasteiger partial charge in [-0.05, 0) is 37.5 Å². The lowest BCUT2D eigenvalue weighted by molar-refractivity contribution is -0.125. The Balaban J connectivity index is 3.02. The molecule has 0 radical (unpaired) electrons. The Morgan fingerprint density at radius 2 is 1.90 bits per heavy atom. The number of amides is 1. The third-order valence-electron chi connectivity index (χ3n) is 3.95. The summed E-state index contributed by atoms with van der Waals surface area (Å²) in [5.41, 5.74) is 6.46. The minimum absolute atomic E-state index is 0.162. The number of aryl methyl sites for hydroxylation is 1. The Morgan fingerprint density at radius 1 is 1.30 bits per heavy atom. The Morgan fingerprint density at radius 3 is 2.35 bits per heavy atom. The van der Waals surface area contributed by atoms with Gasteiger partial charge in [0.05, 0.1) is 11.0 Å². The van der Waals surface area contributed by atoms with E-state index in [2.05, 4.69) is 5.32 Å². The highest BCUT2D eigenvalue weighted by Gasteiger charge is 2.33. The van der Waals surface area contributed by atoms with E-state index >= 15 is 0 Å². The van der Waals surface area contributed by atoms with E-state index in [1.807, 2.05) is 13.8 Å². The molecule has 1 amide bonds. The predicted molar refractivity (Wildman–Crippen MR) is 78.8 cm³/mol. The first-order valence-electron chi connectivity index (χ1n) is 6.75. The minimum atomic E-state index is -1.00. The fourth-order valence-corrected chi connectivity index (χ4v) is 2.15. The molecule has 0 aliphatic heterocycles. The van der Waals surface area contributed by atoms with E-state index in [-0.39, 0.29) is 18.0 Å². The van der Waals surface area contributed by atoms with Crippen molar-refractivity contribution < 1.29 is 14.7 Å². The van der Waals surface area contributed by atoms with Crippen LogP contribution in [0, 0.1) is 12.3 Å². The van der Waals surface area contributed by atoms with Crippen LogP contribution in [0.5, 0.6) is 0 Å². The van der Waals surface area contributed by atoms with Crippen LogP contribution in [0.4, 0.5) is 5.69 Å². The number of carbonyl (C=O) groups excluding carboxylic acids is 1. The molecule has 4 N–H and O–H groups in total. The summed E-state index contributed by atoms with van der Waals surface area (Å²) < 4.78 is 0. The van der Waals surface area contributed by atoms with Crippen LogP contribution < -0.4 is 11.1 Å². The Bertz CT molecular complexity index is 500. The molecule has 110 valence electrons. The summed E-state index contributed by atoms with van der Waals surface area (Å²) in [7, 11) is 0. The van der Waals surface area contributed by atoms with Crippen molar-refractivity contribution in [3.8, 4) is 0 Å². The highest BCUT2D eigenvalue weighted by molar-refractivity contribution is 5.97. The van der Waals surface area contributed by atoms with E-state index in [9.17, 15) is 9.59 Å². The van der Waals surface area contributed by atoms with Crippen LogP contribution in [-0.4, -0.2) is 23.5 Å². The van der Waals surface area contributed by atoms with Gasteiger partial charge in [0, 0.05) is 12.2 Å². The smallest absolute Gasteiger partial charge is 0.336 e. The van der Waals surface area contributed by atoms with Crippen molar-refractivity contribution in [3.63, 3.8) is 0 Å². The van der Waals surface area contributed by atoms with E-state index in [0.717, 1.165) is 0 Å². The number of rotatable bonds is 6. The first-order valence-corrected chi connectivity index (χ1v) is 6.75. The molecule has 1 rings (SSSR count). The number of benzene rings is 1. The molecule has 0 saturated heterocycles. The van der Waals surface area contributed by atoms with Crippen LogP contribution in [0.3, 0.4) is 0 Å². The third-order valence-corrected chi connectivity index (χ3v) is 3.95. The summed E-state index contributed by atoms with van der Waals surface area (Å²) in [6, 6.07) is 4.86. The molecule has 0 spiro atoms.